The number of aliphatic carboxylic acids is 1. The van der Waals surface area contributed by atoms with Crippen LogP contribution in [0, 0.1) is 5.92 Å². The number of amides is 6. The number of hydrogen-bond acceptors (Lipinski definition) is 13. The maximum atomic E-state index is 13.8. The quantitative estimate of drug-likeness (QED) is 0.0193. The van der Waals surface area contributed by atoms with E-state index in [4.69, 9.17) is 17.2 Å². The van der Waals surface area contributed by atoms with Crippen molar-refractivity contribution in [3.8, 4) is 0 Å². The van der Waals surface area contributed by atoms with Crippen molar-refractivity contribution in [3.05, 3.63) is 54.1 Å². The summed E-state index contributed by atoms with van der Waals surface area (Å²) in [6, 6.07) is -1.27. The Morgan fingerprint density at radius 3 is 1.83 bits per heavy atom. The number of carboxylic acid groups (broad SMARTS) is 1. The molecular weight excluding hydrogens is 781 g/mol. The molecule has 16 N–H and O–H groups in total. The van der Waals surface area contributed by atoms with E-state index >= 15 is 0 Å². The highest BCUT2D eigenvalue weighted by Gasteiger charge is 2.34. The molecule has 0 aliphatic rings. The van der Waals surface area contributed by atoms with Gasteiger partial charge in [-0.05, 0) is 24.3 Å². The van der Waals surface area contributed by atoms with Gasteiger partial charge in [0.25, 0.3) is 0 Å². The van der Waals surface area contributed by atoms with Gasteiger partial charge in [-0.1, -0.05) is 44.2 Å². The van der Waals surface area contributed by atoms with Gasteiger partial charge in [0.15, 0.2) is 5.96 Å². The number of nitrogens with zero attached hydrogens (tertiary/aromatic N) is 2. The number of aliphatic hydroxyl groups excluding tert-OH is 2. The number of carbonyl (C=O) groups excluding carboxylic acids is 6. The van der Waals surface area contributed by atoms with Crippen molar-refractivity contribution in [1.82, 2.24) is 41.9 Å². The zero-order valence-corrected chi connectivity index (χ0v) is 33.0. The summed E-state index contributed by atoms with van der Waals surface area (Å²) in [7, 11) is 0. The highest BCUT2D eigenvalue weighted by Crippen LogP contribution is 2.09. The number of benzene rings is 1. The Kier molecular flexibility index (Phi) is 20.7. The number of aromatic amines is 1. The summed E-state index contributed by atoms with van der Waals surface area (Å²) in [5.41, 5.74) is 17.5. The Morgan fingerprint density at radius 1 is 0.759 bits per heavy atom. The SMILES string of the molecule is CC(C)[C@H](NC(=O)[C@@H](N)CS)C(=O)N[C@@H](Cc1cnc[nH]1)C(=O)N[C@@H](CO)C(=O)N[C@@H](Cc1ccccc1)C(=O)N[C@@H](CCCN=C(N)N)C(=O)N[C@@H](CO)C(=O)O. The van der Waals surface area contributed by atoms with Crippen LogP contribution in [0.25, 0.3) is 0 Å². The zero-order valence-electron chi connectivity index (χ0n) is 32.1. The van der Waals surface area contributed by atoms with Gasteiger partial charge in [-0.3, -0.25) is 33.8 Å². The Labute approximate surface area is 339 Å². The van der Waals surface area contributed by atoms with E-state index in [1.54, 1.807) is 44.2 Å². The number of thiol groups is 1. The normalized spacial score (nSPS) is 14.6. The smallest absolute Gasteiger partial charge is 0.328 e. The average Bonchev–Trinajstić information content (AvgIpc) is 3.71. The summed E-state index contributed by atoms with van der Waals surface area (Å²) in [6.45, 7) is 1.48. The number of nitrogens with one attached hydrogen (secondary N) is 7. The standard InChI is InChI=1S/C35H54N12O10S/c1-18(2)27(47-28(50)21(36)16-58)33(55)44-24(12-20-13-39-17-41-20)31(53)45-25(14-48)32(54)43-23(11-19-7-4-3-5-8-19)30(52)42-22(9-6-10-40-35(37)38)29(51)46-26(15-49)34(56)57/h3-5,7-8,13,17-18,21-27,48-49,58H,6,9-12,14-16,36H2,1-2H3,(H,39,41)(H,42,52)(H,43,54)(H,44,55)(H,45,53)(H,46,51)(H,47,50)(H,56,57)(H4,37,38,40)/t21-,22-,23-,24-,25-,26-,27-/m0/s1. The maximum absolute atomic E-state index is 13.8. The molecule has 1 aromatic heterocycles. The van der Waals surface area contributed by atoms with E-state index in [2.05, 4.69) is 59.5 Å². The van der Waals surface area contributed by atoms with E-state index in [1.165, 1.54) is 12.5 Å². The topological polar surface area (TPSA) is 371 Å². The molecule has 0 aliphatic heterocycles. The number of aromatic nitrogens is 2. The molecule has 2 aromatic rings. The molecule has 22 nitrogen and oxygen atoms in total. The van der Waals surface area contributed by atoms with Gasteiger partial charge >= 0.3 is 5.97 Å². The third-order valence-corrected chi connectivity index (χ3v) is 8.89. The van der Waals surface area contributed by atoms with Gasteiger partial charge < -0.3 is 69.4 Å². The van der Waals surface area contributed by atoms with Crippen molar-refractivity contribution in [3.63, 3.8) is 0 Å². The number of nitrogens with two attached hydrogens (primary N) is 3. The lowest BCUT2D eigenvalue weighted by Gasteiger charge is -2.28. The van der Waals surface area contributed by atoms with E-state index in [0.29, 0.717) is 11.3 Å². The van der Waals surface area contributed by atoms with Crippen molar-refractivity contribution < 1.29 is 48.9 Å². The van der Waals surface area contributed by atoms with Crippen LogP contribution in [0.4, 0.5) is 0 Å². The second kappa shape index (κ2) is 24.8. The second-order valence-corrected chi connectivity index (χ2v) is 13.8. The number of aliphatic hydroxyl groups is 2. The fourth-order valence-electron chi connectivity index (χ4n) is 5.27. The van der Waals surface area contributed by atoms with Crippen molar-refractivity contribution in [2.45, 2.75) is 81.8 Å². The van der Waals surface area contributed by atoms with E-state index in [1.807, 2.05) is 0 Å². The molecule has 6 amide bonds. The van der Waals surface area contributed by atoms with Gasteiger partial charge in [0.2, 0.25) is 35.4 Å². The zero-order chi connectivity index (χ0) is 43.4. The predicted octanol–water partition coefficient (Wildman–Crippen LogP) is -4.86. The predicted molar refractivity (Wildman–Crippen MR) is 212 cm³/mol. The van der Waals surface area contributed by atoms with E-state index in [9.17, 15) is 48.9 Å². The van der Waals surface area contributed by atoms with Crippen molar-refractivity contribution in [2.24, 2.45) is 28.1 Å². The van der Waals surface area contributed by atoms with Crippen LogP contribution in [-0.4, -0.2) is 140 Å². The Hall–Kier alpha value is -5.78. The third kappa shape index (κ3) is 16.4. The number of imidazole rings is 1. The van der Waals surface area contributed by atoms with Crippen LogP contribution in [0.5, 0.6) is 0 Å². The molecular formula is C35H54N12O10S. The minimum Gasteiger partial charge on any atom is -0.480 e. The first-order valence-corrected chi connectivity index (χ1v) is 18.8. The van der Waals surface area contributed by atoms with Gasteiger partial charge in [-0.25, -0.2) is 9.78 Å². The molecule has 23 heteroatoms. The highest BCUT2D eigenvalue weighted by atomic mass is 32.1. The summed E-state index contributed by atoms with van der Waals surface area (Å²) >= 11 is 4.01. The van der Waals surface area contributed by atoms with Crippen molar-refractivity contribution in [1.29, 1.82) is 0 Å². The minimum absolute atomic E-state index is 0.00997. The summed E-state index contributed by atoms with van der Waals surface area (Å²) in [5.74, 6) is -7.38. The highest BCUT2D eigenvalue weighted by molar-refractivity contribution is 7.80. The molecule has 0 fully saturated rings. The number of rotatable bonds is 25. The summed E-state index contributed by atoms with van der Waals surface area (Å²) in [4.78, 5) is 102. The number of carbonyl (C=O) groups is 7. The number of H-pyrrole nitrogens is 1. The maximum Gasteiger partial charge on any atom is 0.328 e. The van der Waals surface area contributed by atoms with Crippen LogP contribution in [0.15, 0.2) is 47.8 Å². The Bertz CT molecular complexity index is 1700. The molecule has 320 valence electrons. The molecule has 0 radical (unpaired) electrons. The minimum atomic E-state index is -1.69. The van der Waals surface area contributed by atoms with E-state index < -0.39 is 103 Å². The van der Waals surface area contributed by atoms with Crippen LogP contribution in [0.2, 0.25) is 0 Å². The molecule has 2 rings (SSSR count). The fraction of sp³-hybridized carbons (Fsp3) is 0.514. The molecule has 0 aliphatic carbocycles. The van der Waals surface area contributed by atoms with Crippen LogP contribution < -0.4 is 49.1 Å². The molecule has 0 saturated carbocycles. The number of guanidine groups is 1. The van der Waals surface area contributed by atoms with Crippen LogP contribution >= 0.6 is 12.6 Å². The first kappa shape index (κ1) is 48.4. The lowest BCUT2D eigenvalue weighted by molar-refractivity contribution is -0.143. The van der Waals surface area contributed by atoms with Crippen LogP contribution in [0.1, 0.15) is 37.9 Å². The van der Waals surface area contributed by atoms with Crippen LogP contribution in [0.3, 0.4) is 0 Å². The van der Waals surface area contributed by atoms with E-state index in [-0.39, 0.29) is 43.9 Å². The third-order valence-electron chi connectivity index (χ3n) is 8.50. The molecule has 7 atom stereocenters. The van der Waals surface area contributed by atoms with Gasteiger partial charge in [0, 0.05) is 37.0 Å². The molecule has 0 saturated heterocycles. The summed E-state index contributed by atoms with van der Waals surface area (Å²) in [5, 5.41) is 43.7. The molecule has 1 heterocycles. The van der Waals surface area contributed by atoms with Gasteiger partial charge in [-0.15, -0.1) is 0 Å². The lowest BCUT2D eigenvalue weighted by atomic mass is 10.0. The average molecular weight is 835 g/mol. The molecule has 58 heavy (non-hydrogen) atoms. The second-order valence-electron chi connectivity index (χ2n) is 13.4. The van der Waals surface area contributed by atoms with Gasteiger partial charge in [0.1, 0.15) is 36.3 Å². The Balaban J connectivity index is 2.36. The molecule has 0 unspecified atom stereocenters. The molecule has 0 bridgehead atoms. The lowest BCUT2D eigenvalue weighted by Crippen LogP contribution is -2.61. The van der Waals surface area contributed by atoms with E-state index in [0.717, 1.165) is 0 Å². The first-order valence-electron chi connectivity index (χ1n) is 18.2. The van der Waals surface area contributed by atoms with Crippen molar-refractivity contribution >= 4 is 60.0 Å². The number of aliphatic imine (C=N–C) groups is 1. The van der Waals surface area contributed by atoms with Crippen LogP contribution in [-0.2, 0) is 46.4 Å². The fourth-order valence-corrected chi connectivity index (χ4v) is 5.43. The summed E-state index contributed by atoms with van der Waals surface area (Å²) < 4.78 is 0. The largest absolute Gasteiger partial charge is 0.480 e. The monoisotopic (exact) mass is 834 g/mol. The number of hydrogen-bond donors (Lipinski definition) is 14. The molecule has 0 spiro atoms. The van der Waals surface area contributed by atoms with Gasteiger partial charge in [-0.2, -0.15) is 12.6 Å². The van der Waals surface area contributed by atoms with Crippen molar-refractivity contribution in [2.75, 3.05) is 25.5 Å². The Morgan fingerprint density at radius 2 is 1.29 bits per heavy atom. The summed E-state index contributed by atoms with van der Waals surface area (Å²) in [6.07, 6.45) is 2.50. The molecule has 1 aromatic carbocycles. The first-order chi connectivity index (χ1) is 27.5. The van der Waals surface area contributed by atoms with Gasteiger partial charge in [0.05, 0.1) is 25.6 Å². The number of carboxylic acids is 1.